The van der Waals surface area contributed by atoms with Crippen LogP contribution in [-0.4, -0.2) is 12.5 Å². The van der Waals surface area contributed by atoms with Gasteiger partial charge in [0, 0.05) is 4.47 Å². The predicted octanol–water partition coefficient (Wildman–Crippen LogP) is 3.09. The van der Waals surface area contributed by atoms with Crippen LogP contribution in [0.25, 0.3) is 0 Å². The summed E-state index contributed by atoms with van der Waals surface area (Å²) in [5.74, 6) is 0.174. The van der Waals surface area contributed by atoms with Crippen molar-refractivity contribution in [1.29, 1.82) is 0 Å². The minimum atomic E-state index is -0.242. The molecule has 0 atom stereocenters. The van der Waals surface area contributed by atoms with Crippen molar-refractivity contribution in [2.45, 2.75) is 0 Å². The number of halogens is 3. The topological polar surface area (TPSA) is 38.3 Å². The zero-order valence-corrected chi connectivity index (χ0v) is 9.83. The Morgan fingerprint density at radius 1 is 1.50 bits per heavy atom. The Balaban J connectivity index is 2.63. The van der Waals surface area contributed by atoms with E-state index in [0.717, 1.165) is 0 Å². The third-order valence-corrected chi connectivity index (χ3v) is 3.27. The number of fused-ring (bicyclic) bond motifs is 1. The van der Waals surface area contributed by atoms with Crippen LogP contribution in [0.1, 0.15) is 0 Å². The number of rotatable bonds is 0. The van der Waals surface area contributed by atoms with Crippen molar-refractivity contribution in [3.8, 4) is 5.75 Å². The largest absolute Gasteiger partial charge is 0.480 e. The molecular formula is C8H4BrCl2NO2. The molecule has 1 heterocycles. The lowest BCUT2D eigenvalue weighted by atomic mass is 10.2. The number of carbonyl (C=O) groups is 1. The number of hydrogen-bond acceptors (Lipinski definition) is 2. The molecule has 14 heavy (non-hydrogen) atoms. The zero-order chi connectivity index (χ0) is 10.3. The van der Waals surface area contributed by atoms with Gasteiger partial charge in [-0.1, -0.05) is 23.2 Å². The van der Waals surface area contributed by atoms with E-state index in [0.29, 0.717) is 26.0 Å². The molecule has 0 unspecified atom stereocenters. The maximum atomic E-state index is 11.0. The lowest BCUT2D eigenvalue weighted by molar-refractivity contribution is -0.118. The Morgan fingerprint density at radius 2 is 2.21 bits per heavy atom. The Hall–Kier alpha value is -0.450. The highest BCUT2D eigenvalue weighted by molar-refractivity contribution is 9.10. The van der Waals surface area contributed by atoms with Crippen molar-refractivity contribution in [3.05, 3.63) is 20.6 Å². The van der Waals surface area contributed by atoms with Crippen molar-refractivity contribution in [2.75, 3.05) is 11.9 Å². The first kappa shape index (κ1) is 10.1. The molecule has 0 aliphatic carbocycles. The zero-order valence-electron chi connectivity index (χ0n) is 6.73. The number of ether oxygens (including phenoxy) is 1. The first-order valence-electron chi connectivity index (χ1n) is 3.69. The summed E-state index contributed by atoms with van der Waals surface area (Å²) in [6.07, 6.45) is 0. The van der Waals surface area contributed by atoms with Crippen LogP contribution in [-0.2, 0) is 4.79 Å². The molecule has 1 aromatic carbocycles. The van der Waals surface area contributed by atoms with E-state index in [1.54, 1.807) is 6.07 Å². The van der Waals surface area contributed by atoms with E-state index in [1.165, 1.54) is 0 Å². The molecule has 0 fully saturated rings. The van der Waals surface area contributed by atoms with Gasteiger partial charge in [0.1, 0.15) is 5.69 Å². The molecule has 1 aromatic rings. The quantitative estimate of drug-likeness (QED) is 0.747. The Morgan fingerprint density at radius 3 is 2.93 bits per heavy atom. The third-order valence-electron chi connectivity index (χ3n) is 1.74. The van der Waals surface area contributed by atoms with E-state index in [9.17, 15) is 4.79 Å². The van der Waals surface area contributed by atoms with Gasteiger partial charge in [-0.25, -0.2) is 0 Å². The Kier molecular flexibility index (Phi) is 2.60. The van der Waals surface area contributed by atoms with Crippen molar-refractivity contribution in [2.24, 2.45) is 0 Å². The van der Waals surface area contributed by atoms with E-state index in [4.69, 9.17) is 27.9 Å². The number of carbonyl (C=O) groups excluding carboxylic acids is 1. The highest BCUT2D eigenvalue weighted by Gasteiger charge is 2.23. The predicted molar refractivity (Wildman–Crippen MR) is 58.3 cm³/mol. The fourth-order valence-electron chi connectivity index (χ4n) is 1.14. The van der Waals surface area contributed by atoms with Crippen molar-refractivity contribution in [3.63, 3.8) is 0 Å². The van der Waals surface area contributed by atoms with E-state index in [2.05, 4.69) is 21.2 Å². The van der Waals surface area contributed by atoms with Crippen LogP contribution in [0.4, 0.5) is 5.69 Å². The van der Waals surface area contributed by atoms with Crippen LogP contribution < -0.4 is 10.1 Å². The molecule has 6 heteroatoms. The summed E-state index contributed by atoms with van der Waals surface area (Å²) in [4.78, 5) is 11.0. The summed E-state index contributed by atoms with van der Waals surface area (Å²) in [6, 6.07) is 1.63. The van der Waals surface area contributed by atoms with E-state index in [1.807, 2.05) is 0 Å². The first-order valence-corrected chi connectivity index (χ1v) is 5.24. The summed E-state index contributed by atoms with van der Waals surface area (Å²) in [5, 5.41) is 3.40. The van der Waals surface area contributed by atoms with E-state index in [-0.39, 0.29) is 12.5 Å². The maximum Gasteiger partial charge on any atom is 0.262 e. The van der Waals surface area contributed by atoms with Gasteiger partial charge in [0.2, 0.25) is 0 Å². The van der Waals surface area contributed by atoms with Crippen LogP contribution in [0.3, 0.4) is 0 Å². The van der Waals surface area contributed by atoms with Crippen molar-refractivity contribution in [1.82, 2.24) is 0 Å². The van der Waals surface area contributed by atoms with Crippen molar-refractivity contribution >= 4 is 50.7 Å². The lowest BCUT2D eigenvalue weighted by Gasteiger charge is -2.20. The fraction of sp³-hybridized carbons (Fsp3) is 0.125. The van der Waals surface area contributed by atoms with Crippen LogP contribution >= 0.6 is 39.1 Å². The van der Waals surface area contributed by atoms with Gasteiger partial charge in [-0.15, -0.1) is 0 Å². The third kappa shape index (κ3) is 1.58. The molecule has 1 aliphatic rings. The van der Waals surface area contributed by atoms with Gasteiger partial charge in [0.25, 0.3) is 5.91 Å². The fourth-order valence-corrected chi connectivity index (χ4v) is 2.15. The molecule has 3 nitrogen and oxygen atoms in total. The lowest BCUT2D eigenvalue weighted by Crippen LogP contribution is -2.25. The van der Waals surface area contributed by atoms with Gasteiger partial charge in [-0.05, 0) is 22.0 Å². The van der Waals surface area contributed by atoms with E-state index < -0.39 is 0 Å². The summed E-state index contributed by atoms with van der Waals surface area (Å²) in [6.45, 7) is -0.0370. The van der Waals surface area contributed by atoms with Gasteiger partial charge < -0.3 is 10.1 Å². The summed E-state index contributed by atoms with van der Waals surface area (Å²) < 4.78 is 5.77. The molecule has 0 bridgehead atoms. The van der Waals surface area contributed by atoms with Gasteiger partial charge in [-0.3, -0.25) is 4.79 Å². The van der Waals surface area contributed by atoms with E-state index >= 15 is 0 Å². The number of amides is 1. The van der Waals surface area contributed by atoms with Gasteiger partial charge in [-0.2, -0.15) is 0 Å². The van der Waals surface area contributed by atoms with Crippen molar-refractivity contribution < 1.29 is 9.53 Å². The Bertz CT molecular complexity index is 422. The average molecular weight is 297 g/mol. The smallest absolute Gasteiger partial charge is 0.262 e. The summed E-state index contributed by atoms with van der Waals surface area (Å²) in [5.41, 5.74) is 0.419. The number of nitrogens with one attached hydrogen (secondary N) is 1. The number of benzene rings is 1. The number of anilines is 1. The highest BCUT2D eigenvalue weighted by atomic mass is 79.9. The molecule has 2 rings (SSSR count). The van der Waals surface area contributed by atoms with Gasteiger partial charge in [0.15, 0.2) is 12.4 Å². The highest BCUT2D eigenvalue weighted by Crippen LogP contribution is 2.44. The minimum absolute atomic E-state index is 0.0370. The normalized spacial score (nSPS) is 14.4. The average Bonchev–Trinajstić information content (AvgIpc) is 2.14. The molecule has 74 valence electrons. The molecule has 1 N–H and O–H groups in total. The Labute approximate surface area is 98.5 Å². The monoisotopic (exact) mass is 295 g/mol. The number of hydrogen-bond donors (Lipinski definition) is 1. The molecule has 0 radical (unpaired) electrons. The second-order valence-electron chi connectivity index (χ2n) is 2.70. The minimum Gasteiger partial charge on any atom is -0.480 e. The second kappa shape index (κ2) is 3.61. The standard InChI is InChI=1S/C8H4BrCl2NO2/c9-3-1-4(10)8-7(6(3)11)12-5(13)2-14-8/h1H,2H2,(H,12,13). The molecule has 1 aliphatic heterocycles. The summed E-state index contributed by atoms with van der Waals surface area (Å²) in [7, 11) is 0. The SMILES string of the molecule is O=C1COc2c(Cl)cc(Br)c(Cl)c2N1. The van der Waals surface area contributed by atoms with Gasteiger partial charge >= 0.3 is 0 Å². The first-order chi connectivity index (χ1) is 6.59. The molecular weight excluding hydrogens is 293 g/mol. The molecule has 0 aromatic heterocycles. The van der Waals surface area contributed by atoms with Crippen LogP contribution in [0.15, 0.2) is 10.5 Å². The molecule has 0 saturated carbocycles. The second-order valence-corrected chi connectivity index (χ2v) is 4.33. The molecule has 1 amide bonds. The van der Waals surface area contributed by atoms with Crippen LogP contribution in [0.5, 0.6) is 5.75 Å². The van der Waals surface area contributed by atoms with Crippen LogP contribution in [0, 0.1) is 0 Å². The summed E-state index contributed by atoms with van der Waals surface area (Å²) >= 11 is 15.1. The molecule has 0 saturated heterocycles. The van der Waals surface area contributed by atoms with Crippen LogP contribution in [0.2, 0.25) is 10.0 Å². The maximum absolute atomic E-state index is 11.0. The molecule has 0 spiro atoms. The van der Waals surface area contributed by atoms with Gasteiger partial charge in [0.05, 0.1) is 10.0 Å².